The fourth-order valence-corrected chi connectivity index (χ4v) is 2.08. The Hall–Kier alpha value is -3.09. The van der Waals surface area contributed by atoms with E-state index in [-0.39, 0.29) is 18.1 Å². The number of nitrogens with one attached hydrogen (secondary N) is 2. The van der Waals surface area contributed by atoms with E-state index < -0.39 is 6.09 Å². The molecule has 1 aromatic carbocycles. The Morgan fingerprint density at radius 1 is 1.42 bits per heavy atom. The smallest absolute Gasteiger partial charge is 0.414 e. The first-order valence-electron chi connectivity index (χ1n) is 7.53. The minimum absolute atomic E-state index is 0.0268. The molecule has 0 aliphatic carbocycles. The van der Waals surface area contributed by atoms with Gasteiger partial charge in [-0.1, -0.05) is 36.9 Å². The third kappa shape index (κ3) is 4.22. The maximum absolute atomic E-state index is 12.0. The number of amides is 1. The average Bonchev–Trinajstić information content (AvgIpc) is 2.59. The second kappa shape index (κ2) is 7.96. The van der Waals surface area contributed by atoms with Gasteiger partial charge in [-0.05, 0) is 25.6 Å². The molecule has 2 rings (SSSR count). The zero-order valence-electron chi connectivity index (χ0n) is 13.7. The van der Waals surface area contributed by atoms with Crippen molar-refractivity contribution < 1.29 is 9.53 Å². The van der Waals surface area contributed by atoms with Crippen molar-refractivity contribution >= 4 is 17.9 Å². The van der Waals surface area contributed by atoms with Crippen molar-refractivity contribution in [1.82, 2.24) is 9.97 Å². The van der Waals surface area contributed by atoms with Crippen LogP contribution in [0.25, 0.3) is 0 Å². The zero-order valence-corrected chi connectivity index (χ0v) is 13.7. The standard InChI is InChI=1S/C17H20N4O3/c1-4-21(5-2)14-12(3)15(22)19-16(18-14)20-17(23)24-11-13-9-7-6-8-10-13/h4,6-10H,1,5,11H2,2-3H3,(H2,18,19,20,22,23). The highest BCUT2D eigenvalue weighted by Gasteiger charge is 2.13. The number of carbonyl (C=O) groups excluding carboxylic acids is 1. The number of aromatic nitrogens is 2. The summed E-state index contributed by atoms with van der Waals surface area (Å²) in [6.07, 6.45) is 0.880. The van der Waals surface area contributed by atoms with E-state index in [9.17, 15) is 9.59 Å². The molecule has 2 N–H and O–H groups in total. The first kappa shape index (κ1) is 17.3. The van der Waals surface area contributed by atoms with E-state index >= 15 is 0 Å². The predicted octanol–water partition coefficient (Wildman–Crippen LogP) is 2.80. The summed E-state index contributed by atoms with van der Waals surface area (Å²) in [5.41, 5.74) is 0.973. The van der Waals surface area contributed by atoms with Crippen LogP contribution in [-0.2, 0) is 11.3 Å². The van der Waals surface area contributed by atoms with Crippen LogP contribution in [0.4, 0.5) is 16.6 Å². The molecule has 0 atom stereocenters. The number of carbonyl (C=O) groups is 1. The zero-order chi connectivity index (χ0) is 17.5. The van der Waals surface area contributed by atoms with Gasteiger partial charge in [0.2, 0.25) is 5.95 Å². The molecule has 1 heterocycles. The maximum atomic E-state index is 12.0. The number of nitrogens with zero attached hydrogens (tertiary/aromatic N) is 2. The van der Waals surface area contributed by atoms with Gasteiger partial charge < -0.3 is 9.64 Å². The Morgan fingerprint density at radius 3 is 2.75 bits per heavy atom. The Labute approximate surface area is 140 Å². The summed E-state index contributed by atoms with van der Waals surface area (Å²) in [5.74, 6) is 0.466. The largest absolute Gasteiger partial charge is 0.444 e. The van der Waals surface area contributed by atoms with Gasteiger partial charge in [0.05, 0.1) is 5.56 Å². The average molecular weight is 328 g/mol. The summed E-state index contributed by atoms with van der Waals surface area (Å²) >= 11 is 0. The summed E-state index contributed by atoms with van der Waals surface area (Å²) in [7, 11) is 0. The number of hydrogen-bond acceptors (Lipinski definition) is 5. The van der Waals surface area contributed by atoms with Crippen LogP contribution < -0.4 is 15.8 Å². The SMILES string of the molecule is C=CN(CC)c1nc(NC(=O)OCc2ccccc2)[nH]c(=O)c1C. The molecular weight excluding hydrogens is 308 g/mol. The lowest BCUT2D eigenvalue weighted by Gasteiger charge is -2.19. The number of aromatic amines is 1. The van der Waals surface area contributed by atoms with Gasteiger partial charge in [0, 0.05) is 6.54 Å². The molecule has 1 amide bonds. The highest BCUT2D eigenvalue weighted by molar-refractivity contribution is 5.82. The summed E-state index contributed by atoms with van der Waals surface area (Å²) in [4.78, 5) is 32.4. The molecule has 0 radical (unpaired) electrons. The predicted molar refractivity (Wildman–Crippen MR) is 93.1 cm³/mol. The molecule has 126 valence electrons. The van der Waals surface area contributed by atoms with Crippen LogP contribution in [0.5, 0.6) is 0 Å². The van der Waals surface area contributed by atoms with Crippen molar-refractivity contribution in [2.45, 2.75) is 20.5 Å². The monoisotopic (exact) mass is 328 g/mol. The summed E-state index contributed by atoms with van der Waals surface area (Å²) in [5, 5.41) is 2.43. The van der Waals surface area contributed by atoms with Gasteiger partial charge in [-0.3, -0.25) is 15.1 Å². The first-order chi connectivity index (χ1) is 11.5. The Bertz CT molecular complexity index is 771. The highest BCUT2D eigenvalue weighted by atomic mass is 16.5. The van der Waals surface area contributed by atoms with Crippen molar-refractivity contribution in [3.05, 3.63) is 64.6 Å². The highest BCUT2D eigenvalue weighted by Crippen LogP contribution is 2.15. The van der Waals surface area contributed by atoms with E-state index in [0.717, 1.165) is 5.56 Å². The van der Waals surface area contributed by atoms with Crippen molar-refractivity contribution in [3.8, 4) is 0 Å². The van der Waals surface area contributed by atoms with Crippen LogP contribution in [0.15, 0.2) is 47.9 Å². The van der Waals surface area contributed by atoms with E-state index in [2.05, 4.69) is 21.9 Å². The van der Waals surface area contributed by atoms with Gasteiger partial charge in [0.1, 0.15) is 12.4 Å². The molecule has 2 aromatic rings. The van der Waals surface area contributed by atoms with Crippen LogP contribution in [0.2, 0.25) is 0 Å². The molecule has 0 saturated heterocycles. The van der Waals surface area contributed by atoms with Crippen molar-refractivity contribution in [1.29, 1.82) is 0 Å². The van der Waals surface area contributed by atoms with Crippen molar-refractivity contribution in [3.63, 3.8) is 0 Å². The lowest BCUT2D eigenvalue weighted by Crippen LogP contribution is -2.25. The molecule has 0 bridgehead atoms. The quantitative estimate of drug-likeness (QED) is 0.851. The third-order valence-corrected chi connectivity index (χ3v) is 3.39. The summed E-state index contributed by atoms with van der Waals surface area (Å²) in [6, 6.07) is 9.29. The second-order valence-electron chi connectivity index (χ2n) is 5.02. The van der Waals surface area contributed by atoms with E-state index in [4.69, 9.17) is 4.74 Å². The summed E-state index contributed by atoms with van der Waals surface area (Å²) in [6.45, 7) is 7.98. The van der Waals surface area contributed by atoms with Crippen molar-refractivity contribution in [2.24, 2.45) is 0 Å². The number of rotatable bonds is 6. The lowest BCUT2D eigenvalue weighted by atomic mass is 10.2. The number of hydrogen-bond donors (Lipinski definition) is 2. The molecular formula is C17H20N4O3. The number of benzene rings is 1. The minimum Gasteiger partial charge on any atom is -0.444 e. The molecule has 1 aromatic heterocycles. The fraction of sp³-hybridized carbons (Fsp3) is 0.235. The van der Waals surface area contributed by atoms with Gasteiger partial charge in [0.25, 0.3) is 5.56 Å². The van der Waals surface area contributed by atoms with Gasteiger partial charge >= 0.3 is 6.09 Å². The van der Waals surface area contributed by atoms with E-state index in [1.165, 1.54) is 0 Å². The number of ether oxygens (including phenoxy) is 1. The lowest BCUT2D eigenvalue weighted by molar-refractivity contribution is 0.155. The van der Waals surface area contributed by atoms with Gasteiger partial charge in [-0.15, -0.1) is 0 Å². The van der Waals surface area contributed by atoms with Gasteiger partial charge in [-0.25, -0.2) is 4.79 Å². The summed E-state index contributed by atoms with van der Waals surface area (Å²) < 4.78 is 5.11. The number of anilines is 2. The molecule has 24 heavy (non-hydrogen) atoms. The van der Waals surface area contributed by atoms with Crippen LogP contribution in [0.1, 0.15) is 18.1 Å². The molecule has 0 unspecified atom stereocenters. The van der Waals surface area contributed by atoms with Crippen LogP contribution in [0.3, 0.4) is 0 Å². The van der Waals surface area contributed by atoms with Gasteiger partial charge in [-0.2, -0.15) is 4.98 Å². The molecule has 0 aliphatic heterocycles. The van der Waals surface area contributed by atoms with Crippen molar-refractivity contribution in [2.75, 3.05) is 16.8 Å². The maximum Gasteiger partial charge on any atom is 0.414 e. The van der Waals surface area contributed by atoms with E-state index in [1.54, 1.807) is 18.0 Å². The Balaban J connectivity index is 2.10. The molecule has 0 aliphatic rings. The number of H-pyrrole nitrogens is 1. The molecule has 0 spiro atoms. The fourth-order valence-electron chi connectivity index (χ4n) is 2.08. The molecule has 7 heteroatoms. The molecule has 0 fully saturated rings. The van der Waals surface area contributed by atoms with Crippen LogP contribution >= 0.6 is 0 Å². The first-order valence-corrected chi connectivity index (χ1v) is 7.53. The molecule has 7 nitrogen and oxygen atoms in total. The van der Waals surface area contributed by atoms with Crippen LogP contribution in [0, 0.1) is 6.92 Å². The van der Waals surface area contributed by atoms with Gasteiger partial charge in [0.15, 0.2) is 0 Å². The van der Waals surface area contributed by atoms with E-state index in [1.807, 2.05) is 37.3 Å². The normalized spacial score (nSPS) is 10.1. The Kier molecular flexibility index (Phi) is 5.73. The molecule has 0 saturated carbocycles. The second-order valence-corrected chi connectivity index (χ2v) is 5.02. The minimum atomic E-state index is -0.696. The van der Waals surface area contributed by atoms with Crippen LogP contribution in [-0.4, -0.2) is 22.6 Å². The van der Waals surface area contributed by atoms with E-state index in [0.29, 0.717) is 17.9 Å². The third-order valence-electron chi connectivity index (χ3n) is 3.39. The Morgan fingerprint density at radius 2 is 2.12 bits per heavy atom. The topological polar surface area (TPSA) is 87.3 Å².